The van der Waals surface area contributed by atoms with Gasteiger partial charge in [0, 0.05) is 20.4 Å². The standard InChI is InChI=1S/C11H18N2O/c14-9-11-5-4-10(12-11)8-13-6-2-1-3-7-13/h10,12H,1-8H2/t10-/m0/s1/i1D. The van der Waals surface area contributed by atoms with E-state index in [9.17, 15) is 4.79 Å². The molecular weight excluding hydrogens is 176 g/mol. The Morgan fingerprint density at radius 3 is 3.00 bits per heavy atom. The van der Waals surface area contributed by atoms with E-state index in [1.54, 1.807) is 0 Å². The molecule has 3 nitrogen and oxygen atoms in total. The fourth-order valence-corrected chi connectivity index (χ4v) is 2.22. The van der Waals surface area contributed by atoms with E-state index in [2.05, 4.69) is 10.2 Å². The number of hydrogen-bond donors (Lipinski definition) is 1. The highest BCUT2D eigenvalue weighted by atomic mass is 16.1. The zero-order valence-corrected chi connectivity index (χ0v) is 8.46. The summed E-state index contributed by atoms with van der Waals surface area (Å²) in [5.74, 6) is 1.95. The van der Waals surface area contributed by atoms with Crippen LogP contribution in [0.25, 0.3) is 0 Å². The van der Waals surface area contributed by atoms with Crippen molar-refractivity contribution in [1.82, 2.24) is 10.2 Å². The first-order valence-electron chi connectivity index (χ1n) is 6.01. The molecule has 2 saturated heterocycles. The topological polar surface area (TPSA) is 32.3 Å². The van der Waals surface area contributed by atoms with E-state index in [0.29, 0.717) is 6.04 Å². The molecular formula is C11H18N2O. The second-order valence-electron chi connectivity index (χ2n) is 4.13. The summed E-state index contributed by atoms with van der Waals surface area (Å²) in [6.45, 7) is 3.08. The third-order valence-electron chi connectivity index (χ3n) is 3.02. The average molecular weight is 195 g/mol. The van der Waals surface area contributed by atoms with E-state index in [-0.39, 0.29) is 6.40 Å². The van der Waals surface area contributed by atoms with Crippen molar-refractivity contribution in [3.8, 4) is 0 Å². The van der Waals surface area contributed by atoms with Gasteiger partial charge in [-0.2, -0.15) is 0 Å². The van der Waals surface area contributed by atoms with Crippen molar-refractivity contribution in [2.75, 3.05) is 19.6 Å². The molecule has 2 heterocycles. The Labute approximate surface area is 86.6 Å². The fraction of sp³-hybridized carbons (Fsp3) is 0.818. The number of hydrogen-bond acceptors (Lipinski definition) is 3. The summed E-state index contributed by atoms with van der Waals surface area (Å²) in [4.78, 5) is 12.8. The highest BCUT2D eigenvalue weighted by Gasteiger charge is 2.22. The highest BCUT2D eigenvalue weighted by Crippen LogP contribution is 2.16. The molecule has 0 spiro atoms. The minimum absolute atomic E-state index is 0.142. The second-order valence-corrected chi connectivity index (χ2v) is 4.13. The van der Waals surface area contributed by atoms with Crippen LogP contribution < -0.4 is 5.32 Å². The maximum Gasteiger partial charge on any atom is 0.145 e. The van der Waals surface area contributed by atoms with Crippen molar-refractivity contribution in [1.29, 1.82) is 0 Å². The SMILES string of the molecule is [2H]C1CCN(C[C@@H]2CCC(=C=O)N2)CC1. The zero-order valence-electron chi connectivity index (χ0n) is 9.46. The van der Waals surface area contributed by atoms with Gasteiger partial charge in [0.2, 0.25) is 0 Å². The van der Waals surface area contributed by atoms with Crippen molar-refractivity contribution in [3.05, 3.63) is 5.70 Å². The molecule has 78 valence electrons. The first-order valence-corrected chi connectivity index (χ1v) is 5.43. The van der Waals surface area contributed by atoms with E-state index in [1.165, 1.54) is 0 Å². The monoisotopic (exact) mass is 195 g/mol. The first-order chi connectivity index (χ1) is 7.28. The van der Waals surface area contributed by atoms with Crippen molar-refractivity contribution in [2.45, 2.75) is 38.1 Å². The van der Waals surface area contributed by atoms with Gasteiger partial charge in [0.15, 0.2) is 0 Å². The Kier molecular flexibility index (Phi) is 2.81. The first kappa shape index (κ1) is 8.51. The van der Waals surface area contributed by atoms with E-state index in [1.807, 2.05) is 5.94 Å². The highest BCUT2D eigenvalue weighted by molar-refractivity contribution is 5.52. The molecule has 0 aromatic carbocycles. The lowest BCUT2D eigenvalue weighted by atomic mass is 10.1. The molecule has 2 fully saturated rings. The summed E-state index contributed by atoms with van der Waals surface area (Å²) in [5.41, 5.74) is 0.732. The molecule has 1 N–H and O–H groups in total. The molecule has 3 heteroatoms. The Morgan fingerprint density at radius 1 is 1.57 bits per heavy atom. The molecule has 0 bridgehead atoms. The molecule has 0 aliphatic carbocycles. The molecule has 0 radical (unpaired) electrons. The number of nitrogens with one attached hydrogen (secondary N) is 1. The number of likely N-dealkylation sites (tertiary alicyclic amines) is 1. The van der Waals surface area contributed by atoms with Crippen LogP contribution in [0, 0.1) is 0 Å². The molecule has 0 amide bonds. The number of carbonyl (C=O) groups excluding carboxylic acids is 1. The van der Waals surface area contributed by atoms with E-state index in [4.69, 9.17) is 1.37 Å². The van der Waals surface area contributed by atoms with E-state index in [0.717, 1.165) is 51.0 Å². The number of allylic oxidation sites excluding steroid dienone is 1. The van der Waals surface area contributed by atoms with Gasteiger partial charge >= 0.3 is 0 Å². The molecule has 1 atom stereocenters. The van der Waals surface area contributed by atoms with Gasteiger partial charge in [-0.15, -0.1) is 0 Å². The molecule has 0 unspecified atom stereocenters. The maximum absolute atomic E-state index is 10.4. The summed E-state index contributed by atoms with van der Waals surface area (Å²) in [6.07, 6.45) is 4.02. The van der Waals surface area contributed by atoms with Crippen LogP contribution >= 0.6 is 0 Å². The van der Waals surface area contributed by atoms with E-state index >= 15 is 0 Å². The molecule has 2 rings (SSSR count). The van der Waals surface area contributed by atoms with Crippen LogP contribution in [0.4, 0.5) is 0 Å². The van der Waals surface area contributed by atoms with E-state index < -0.39 is 0 Å². The maximum atomic E-state index is 10.4. The summed E-state index contributed by atoms with van der Waals surface area (Å²) >= 11 is 0. The molecule has 0 saturated carbocycles. The molecule has 2 aliphatic rings. The predicted molar refractivity (Wildman–Crippen MR) is 55.7 cm³/mol. The number of piperidine rings is 1. The lowest BCUT2D eigenvalue weighted by Crippen LogP contribution is -2.39. The smallest absolute Gasteiger partial charge is 0.145 e. The van der Waals surface area contributed by atoms with Gasteiger partial charge in [-0.3, -0.25) is 0 Å². The number of rotatable bonds is 2. The van der Waals surface area contributed by atoms with Gasteiger partial charge in [0.05, 0.1) is 5.70 Å². The summed E-state index contributed by atoms with van der Waals surface area (Å²) in [6, 6.07) is 0.420. The van der Waals surface area contributed by atoms with Gasteiger partial charge in [-0.05, 0) is 32.4 Å². The summed E-state index contributed by atoms with van der Waals surface area (Å²) < 4.78 is 7.61. The van der Waals surface area contributed by atoms with Crippen LogP contribution in [0.3, 0.4) is 0 Å². The van der Waals surface area contributed by atoms with Crippen LogP contribution in [0.5, 0.6) is 0 Å². The molecule has 0 aromatic rings. The Morgan fingerprint density at radius 2 is 2.36 bits per heavy atom. The Hall–Kier alpha value is -0.790. The van der Waals surface area contributed by atoms with Gasteiger partial charge in [0.1, 0.15) is 5.94 Å². The van der Waals surface area contributed by atoms with Gasteiger partial charge in [0.25, 0.3) is 0 Å². The summed E-state index contributed by atoms with van der Waals surface area (Å²) in [7, 11) is 0. The van der Waals surface area contributed by atoms with Crippen LogP contribution in [-0.4, -0.2) is 36.5 Å². The lowest BCUT2D eigenvalue weighted by molar-refractivity contribution is 0.211. The second kappa shape index (κ2) is 4.63. The van der Waals surface area contributed by atoms with Crippen molar-refractivity contribution in [3.63, 3.8) is 0 Å². The molecule has 2 aliphatic heterocycles. The molecule has 0 aromatic heterocycles. The number of nitrogens with zero attached hydrogens (tertiary/aromatic N) is 1. The third-order valence-corrected chi connectivity index (χ3v) is 3.02. The normalized spacial score (nSPS) is 31.0. The Bertz CT molecular complexity index is 268. The Balaban J connectivity index is 1.76. The lowest BCUT2D eigenvalue weighted by Gasteiger charge is -2.28. The fourth-order valence-electron chi connectivity index (χ4n) is 2.22. The predicted octanol–water partition coefficient (Wildman–Crippen LogP) is 0.940. The van der Waals surface area contributed by atoms with Gasteiger partial charge in [-0.1, -0.05) is 6.40 Å². The largest absolute Gasteiger partial charge is 0.375 e. The van der Waals surface area contributed by atoms with Crippen molar-refractivity contribution >= 4 is 5.94 Å². The quantitative estimate of drug-likeness (QED) is 0.666. The minimum Gasteiger partial charge on any atom is -0.375 e. The van der Waals surface area contributed by atoms with Crippen LogP contribution in [0.2, 0.25) is 0 Å². The zero-order chi connectivity index (χ0) is 10.7. The average Bonchev–Trinajstić information content (AvgIpc) is 2.69. The molecule has 14 heavy (non-hydrogen) atoms. The van der Waals surface area contributed by atoms with Crippen LogP contribution in [0.15, 0.2) is 5.70 Å². The minimum atomic E-state index is 0.142. The van der Waals surface area contributed by atoms with Crippen LogP contribution in [-0.2, 0) is 4.79 Å². The van der Waals surface area contributed by atoms with Gasteiger partial charge in [-0.25, -0.2) is 4.79 Å². The van der Waals surface area contributed by atoms with Crippen molar-refractivity contribution < 1.29 is 6.17 Å². The van der Waals surface area contributed by atoms with Gasteiger partial charge < -0.3 is 10.2 Å². The van der Waals surface area contributed by atoms with Crippen molar-refractivity contribution in [2.24, 2.45) is 0 Å². The van der Waals surface area contributed by atoms with Crippen LogP contribution in [0.1, 0.15) is 33.5 Å². The third kappa shape index (κ3) is 2.37. The summed E-state index contributed by atoms with van der Waals surface area (Å²) in [5, 5.41) is 3.20.